The number of anilines is 1. The molecule has 1 aromatic carbocycles. The van der Waals surface area contributed by atoms with E-state index in [1.807, 2.05) is 50.0 Å². The Balaban J connectivity index is 1.93. The van der Waals surface area contributed by atoms with Gasteiger partial charge in [0.15, 0.2) is 0 Å². The average Bonchev–Trinajstić information content (AvgIpc) is 2.89. The lowest BCUT2D eigenvalue weighted by molar-refractivity contribution is 0.0953. The number of rotatable bonds is 3. The summed E-state index contributed by atoms with van der Waals surface area (Å²) in [7, 11) is 5.63. The number of carbonyl (C=O) groups excluding carboxylic acids is 1. The van der Waals surface area contributed by atoms with E-state index >= 15 is 0 Å². The van der Waals surface area contributed by atoms with Crippen LogP contribution >= 0.6 is 11.3 Å². The van der Waals surface area contributed by atoms with Crippen molar-refractivity contribution in [3.8, 4) is 0 Å². The highest BCUT2D eigenvalue weighted by atomic mass is 32.1. The smallest absolute Gasteiger partial charge is 0.275 e. The Morgan fingerprint density at radius 2 is 2.04 bits per heavy atom. The molecule has 7 heteroatoms. The SMILES string of the molecule is CN(C)c1ncccc1C(=O)N/N=c1\sc2ccccc2n1C. The number of benzene rings is 1. The van der Waals surface area contributed by atoms with Crippen LogP contribution in [0.3, 0.4) is 0 Å². The van der Waals surface area contributed by atoms with Gasteiger partial charge in [-0.15, -0.1) is 5.10 Å². The molecule has 0 aliphatic rings. The second kappa shape index (κ2) is 6.21. The van der Waals surface area contributed by atoms with E-state index in [-0.39, 0.29) is 5.91 Å². The molecule has 0 spiro atoms. The summed E-state index contributed by atoms with van der Waals surface area (Å²) in [6.07, 6.45) is 1.66. The van der Waals surface area contributed by atoms with Crippen molar-refractivity contribution in [1.82, 2.24) is 15.0 Å². The van der Waals surface area contributed by atoms with Gasteiger partial charge < -0.3 is 9.47 Å². The highest BCUT2D eigenvalue weighted by Gasteiger charge is 2.13. The van der Waals surface area contributed by atoms with Crippen molar-refractivity contribution >= 4 is 33.3 Å². The zero-order chi connectivity index (χ0) is 16.4. The molecular formula is C16H17N5OS. The fourth-order valence-electron chi connectivity index (χ4n) is 2.28. The number of pyridine rings is 1. The third-order valence-electron chi connectivity index (χ3n) is 3.42. The van der Waals surface area contributed by atoms with Crippen LogP contribution in [0.2, 0.25) is 0 Å². The van der Waals surface area contributed by atoms with Crippen molar-refractivity contribution in [3.05, 3.63) is 53.0 Å². The van der Waals surface area contributed by atoms with Gasteiger partial charge in [0, 0.05) is 27.3 Å². The van der Waals surface area contributed by atoms with E-state index in [4.69, 9.17) is 0 Å². The van der Waals surface area contributed by atoms with E-state index in [0.717, 1.165) is 15.0 Å². The average molecular weight is 327 g/mol. The highest BCUT2D eigenvalue weighted by Crippen LogP contribution is 2.16. The standard InChI is InChI=1S/C16H17N5OS/c1-20(2)14-11(7-6-10-17-14)15(22)18-19-16-21(3)12-8-4-5-9-13(12)23-16/h4-10H,1-3H3,(H,18,22)/b19-16-. The van der Waals surface area contributed by atoms with Gasteiger partial charge in [0.1, 0.15) is 5.82 Å². The number of aromatic nitrogens is 2. The minimum Gasteiger partial charge on any atom is -0.362 e. The summed E-state index contributed by atoms with van der Waals surface area (Å²) in [5, 5.41) is 4.26. The molecule has 0 atom stereocenters. The normalized spacial score (nSPS) is 11.7. The first-order valence-corrected chi connectivity index (χ1v) is 7.90. The van der Waals surface area contributed by atoms with Crippen LogP contribution in [0.1, 0.15) is 10.4 Å². The predicted molar refractivity (Wildman–Crippen MR) is 92.4 cm³/mol. The molecule has 0 aliphatic carbocycles. The third-order valence-corrected chi connectivity index (χ3v) is 4.54. The van der Waals surface area contributed by atoms with Gasteiger partial charge in [0.05, 0.1) is 15.8 Å². The number of carbonyl (C=O) groups is 1. The topological polar surface area (TPSA) is 62.5 Å². The van der Waals surface area contributed by atoms with Crippen LogP contribution in [0, 0.1) is 0 Å². The van der Waals surface area contributed by atoms with Crippen molar-refractivity contribution in [2.45, 2.75) is 0 Å². The van der Waals surface area contributed by atoms with Gasteiger partial charge in [-0.2, -0.15) is 0 Å². The van der Waals surface area contributed by atoms with Gasteiger partial charge in [-0.25, -0.2) is 10.4 Å². The van der Waals surface area contributed by atoms with Crippen LogP contribution in [0.15, 0.2) is 47.7 Å². The Hall–Kier alpha value is -2.67. The molecule has 2 aromatic heterocycles. The number of hydrogen-bond donors (Lipinski definition) is 1. The zero-order valence-corrected chi connectivity index (χ0v) is 14.0. The van der Waals surface area contributed by atoms with E-state index in [0.29, 0.717) is 11.4 Å². The van der Waals surface area contributed by atoms with Crippen LogP contribution < -0.4 is 15.1 Å². The summed E-state index contributed by atoms with van der Waals surface area (Å²) in [5.74, 6) is 0.333. The van der Waals surface area contributed by atoms with E-state index < -0.39 is 0 Å². The number of nitrogens with one attached hydrogen (secondary N) is 1. The minimum absolute atomic E-state index is 0.278. The maximum Gasteiger partial charge on any atom is 0.275 e. The molecule has 23 heavy (non-hydrogen) atoms. The number of para-hydroxylation sites is 1. The number of nitrogens with zero attached hydrogens (tertiary/aromatic N) is 4. The van der Waals surface area contributed by atoms with Crippen LogP contribution in [0.25, 0.3) is 10.2 Å². The lowest BCUT2D eigenvalue weighted by Crippen LogP contribution is -2.25. The molecule has 2 heterocycles. The molecular weight excluding hydrogens is 310 g/mol. The quantitative estimate of drug-likeness (QED) is 0.748. The second-order valence-corrected chi connectivity index (χ2v) is 6.24. The summed E-state index contributed by atoms with van der Waals surface area (Å²) >= 11 is 1.53. The van der Waals surface area contributed by atoms with Crippen LogP contribution in [-0.2, 0) is 7.05 Å². The van der Waals surface area contributed by atoms with Crippen molar-refractivity contribution < 1.29 is 4.79 Å². The van der Waals surface area contributed by atoms with Gasteiger partial charge >= 0.3 is 0 Å². The fraction of sp³-hybridized carbons (Fsp3) is 0.188. The van der Waals surface area contributed by atoms with Crippen molar-refractivity contribution in [1.29, 1.82) is 0 Å². The first-order valence-electron chi connectivity index (χ1n) is 7.09. The highest BCUT2D eigenvalue weighted by molar-refractivity contribution is 7.16. The minimum atomic E-state index is -0.278. The lowest BCUT2D eigenvalue weighted by atomic mass is 10.2. The molecule has 0 saturated carbocycles. The van der Waals surface area contributed by atoms with Gasteiger partial charge in [0.25, 0.3) is 5.91 Å². The van der Waals surface area contributed by atoms with E-state index in [1.165, 1.54) is 11.3 Å². The Bertz CT molecular complexity index is 925. The van der Waals surface area contributed by atoms with Gasteiger partial charge in [-0.3, -0.25) is 4.79 Å². The molecule has 0 unspecified atom stereocenters. The molecule has 3 rings (SSSR count). The Labute approximate surface area is 137 Å². The molecule has 0 saturated heterocycles. The summed E-state index contributed by atoms with van der Waals surface area (Å²) in [4.78, 5) is 19.2. The molecule has 1 amide bonds. The van der Waals surface area contributed by atoms with Gasteiger partial charge in [-0.1, -0.05) is 23.5 Å². The summed E-state index contributed by atoms with van der Waals surface area (Å²) < 4.78 is 3.08. The lowest BCUT2D eigenvalue weighted by Gasteiger charge is -2.14. The Kier molecular flexibility index (Phi) is 4.12. The maximum atomic E-state index is 12.4. The Morgan fingerprint density at radius 3 is 2.78 bits per heavy atom. The van der Waals surface area contributed by atoms with Gasteiger partial charge in [-0.05, 0) is 24.3 Å². The van der Waals surface area contributed by atoms with Gasteiger partial charge in [0.2, 0.25) is 4.80 Å². The molecule has 6 nitrogen and oxygen atoms in total. The van der Waals surface area contributed by atoms with E-state index in [2.05, 4.69) is 15.5 Å². The fourth-order valence-corrected chi connectivity index (χ4v) is 3.26. The van der Waals surface area contributed by atoms with E-state index in [1.54, 1.807) is 23.2 Å². The van der Waals surface area contributed by atoms with Crippen molar-refractivity contribution in [2.24, 2.45) is 12.1 Å². The van der Waals surface area contributed by atoms with Crippen LogP contribution in [0.5, 0.6) is 0 Å². The molecule has 3 aromatic rings. The Morgan fingerprint density at radius 1 is 1.26 bits per heavy atom. The number of fused-ring (bicyclic) bond motifs is 1. The first kappa shape index (κ1) is 15.2. The van der Waals surface area contributed by atoms with E-state index in [9.17, 15) is 4.79 Å². The summed E-state index contributed by atoms with van der Waals surface area (Å²) in [6.45, 7) is 0. The molecule has 0 bridgehead atoms. The monoisotopic (exact) mass is 327 g/mol. The molecule has 1 N–H and O–H groups in total. The second-order valence-electron chi connectivity index (χ2n) is 5.23. The maximum absolute atomic E-state index is 12.4. The third kappa shape index (κ3) is 2.95. The number of hydrogen-bond acceptors (Lipinski definition) is 5. The number of aryl methyl sites for hydroxylation is 1. The first-order chi connectivity index (χ1) is 11.1. The molecule has 118 valence electrons. The molecule has 0 aliphatic heterocycles. The van der Waals surface area contributed by atoms with Crippen molar-refractivity contribution in [3.63, 3.8) is 0 Å². The summed E-state index contributed by atoms with van der Waals surface area (Å²) in [6, 6.07) is 11.5. The molecule has 0 fully saturated rings. The van der Waals surface area contributed by atoms with Crippen molar-refractivity contribution in [2.75, 3.05) is 19.0 Å². The predicted octanol–water partition coefficient (Wildman–Crippen LogP) is 1.95. The van der Waals surface area contributed by atoms with Crippen LogP contribution in [0.4, 0.5) is 5.82 Å². The largest absolute Gasteiger partial charge is 0.362 e. The summed E-state index contributed by atoms with van der Waals surface area (Å²) in [5.41, 5.74) is 4.20. The van der Waals surface area contributed by atoms with Crippen LogP contribution in [-0.4, -0.2) is 29.6 Å². The molecule has 0 radical (unpaired) electrons. The number of amides is 1. The zero-order valence-electron chi connectivity index (χ0n) is 13.1. The number of thiazole rings is 1.